The van der Waals surface area contributed by atoms with Crippen LogP contribution in [0.5, 0.6) is 0 Å². The Labute approximate surface area is 245 Å². The Morgan fingerprint density at radius 1 is 1.37 bits per heavy atom. The van der Waals surface area contributed by atoms with Crippen LogP contribution in [0.4, 0.5) is 5.13 Å². The Morgan fingerprint density at radius 2 is 2.22 bits per heavy atom. The van der Waals surface area contributed by atoms with Crippen molar-refractivity contribution in [3.05, 3.63) is 35.0 Å². The molecule has 0 aromatic carbocycles. The van der Waals surface area contributed by atoms with Gasteiger partial charge < -0.3 is 30.7 Å². The molecular formula is C22H24N10O6S3. The average molecular weight is 621 g/mol. The third-order valence-electron chi connectivity index (χ3n) is 5.99. The normalized spacial score (nSPS) is 22.2. The number of thioether (sulfide) groups is 2. The molecule has 2 amide bonds. The number of thiazole rings is 1. The summed E-state index contributed by atoms with van der Waals surface area (Å²) in [7, 11) is 1.25. The topological polar surface area (TPSA) is 212 Å². The zero-order chi connectivity index (χ0) is 28.9. The predicted molar refractivity (Wildman–Crippen MR) is 150 cm³/mol. The number of rotatable bonds is 12. The van der Waals surface area contributed by atoms with Crippen molar-refractivity contribution in [2.45, 2.75) is 42.1 Å². The van der Waals surface area contributed by atoms with Crippen LogP contribution < -0.4 is 11.1 Å². The van der Waals surface area contributed by atoms with E-state index >= 15 is 0 Å². The molecule has 216 valence electrons. The summed E-state index contributed by atoms with van der Waals surface area (Å²) in [5.74, 6) is -1.03. The van der Waals surface area contributed by atoms with Crippen LogP contribution in [-0.4, -0.2) is 101 Å². The number of tetrazole rings is 1. The van der Waals surface area contributed by atoms with E-state index in [4.69, 9.17) is 10.6 Å². The van der Waals surface area contributed by atoms with Gasteiger partial charge in [0.2, 0.25) is 5.16 Å². The number of nitrogens with zero attached hydrogens (tertiary/aromatic N) is 8. The van der Waals surface area contributed by atoms with Crippen LogP contribution in [0, 0.1) is 0 Å². The van der Waals surface area contributed by atoms with Crippen molar-refractivity contribution in [2.75, 3.05) is 24.3 Å². The van der Waals surface area contributed by atoms with Crippen molar-refractivity contribution >= 4 is 69.2 Å². The Balaban J connectivity index is 1.19. The number of nitrogens with two attached hydrogens (primary N) is 1. The van der Waals surface area contributed by atoms with Crippen LogP contribution >= 0.6 is 34.9 Å². The summed E-state index contributed by atoms with van der Waals surface area (Å²) in [4.78, 5) is 53.3. The fourth-order valence-corrected chi connectivity index (χ4v) is 6.78. The fourth-order valence-electron chi connectivity index (χ4n) is 4.01. The molecular weight excluding hydrogens is 597 g/mol. The Morgan fingerprint density at radius 3 is 2.93 bits per heavy atom. The van der Waals surface area contributed by atoms with Crippen LogP contribution in [0.1, 0.15) is 18.5 Å². The van der Waals surface area contributed by atoms with E-state index in [9.17, 15) is 19.5 Å². The molecule has 1 saturated heterocycles. The standard InChI is InChI=1S/C22H24N10O6S3/c1-37-27-13(20(35)36)7-32-22(26-29-30-32)41-9-11-6-31-18(34)16(19(31)39-8-11)25-17(33)15(14-10-40-21(23)24-14)28-38-12-4-2-3-5-12/h2,4,6,10,12,16,19H,3,5,7-9H2,1H3,(H2,23,24)(H,25,33)(H,35,36)/t12?,16?,19-/m1/s1. The summed E-state index contributed by atoms with van der Waals surface area (Å²) in [6.07, 6.45) is 7.03. The van der Waals surface area contributed by atoms with Gasteiger partial charge in [0.1, 0.15) is 30.3 Å². The van der Waals surface area contributed by atoms with E-state index in [0.29, 0.717) is 16.7 Å². The van der Waals surface area contributed by atoms with Crippen molar-refractivity contribution in [1.29, 1.82) is 0 Å². The van der Waals surface area contributed by atoms with Gasteiger partial charge >= 0.3 is 5.97 Å². The molecule has 4 N–H and O–H groups in total. The Bertz CT molecular complexity index is 1450. The number of carboxylic acids is 1. The predicted octanol–water partition coefficient (Wildman–Crippen LogP) is 0.314. The second kappa shape index (κ2) is 12.7. The summed E-state index contributed by atoms with van der Waals surface area (Å²) < 4.78 is 1.30. The molecule has 0 radical (unpaired) electrons. The van der Waals surface area contributed by atoms with E-state index in [2.05, 4.69) is 41.0 Å². The Hall–Kier alpha value is -3.97. The van der Waals surface area contributed by atoms with Gasteiger partial charge in [0, 0.05) is 23.1 Å². The zero-order valence-corrected chi connectivity index (χ0v) is 23.9. The number of carboxylic acid groups (broad SMARTS) is 1. The number of nitrogens with one attached hydrogen (secondary N) is 1. The number of nitrogen functional groups attached to an aromatic ring is 1. The molecule has 41 heavy (non-hydrogen) atoms. The number of hydrogen-bond acceptors (Lipinski definition) is 15. The first-order chi connectivity index (χ1) is 19.8. The Kier molecular flexibility index (Phi) is 8.84. The first-order valence-electron chi connectivity index (χ1n) is 12.1. The third-order valence-corrected chi connectivity index (χ3v) is 9.11. The number of hydrogen-bond donors (Lipinski definition) is 3. The number of amides is 2. The number of β-lactam (4-membered cyclic amide) rings is 1. The molecule has 16 nitrogen and oxygen atoms in total. The number of carbonyl (C=O) groups excluding carboxylic acids is 2. The highest BCUT2D eigenvalue weighted by atomic mass is 32.2. The van der Waals surface area contributed by atoms with Gasteiger partial charge in [-0.2, -0.15) is 0 Å². The summed E-state index contributed by atoms with van der Waals surface area (Å²) in [6.45, 7) is -0.179. The number of carbonyl (C=O) groups is 3. The van der Waals surface area contributed by atoms with Crippen LogP contribution in [0.3, 0.4) is 0 Å². The maximum atomic E-state index is 13.2. The minimum atomic E-state index is -1.25. The molecule has 19 heteroatoms. The van der Waals surface area contributed by atoms with Gasteiger partial charge in [-0.25, -0.2) is 14.5 Å². The summed E-state index contributed by atoms with van der Waals surface area (Å²) in [5.41, 5.74) is 6.66. The van der Waals surface area contributed by atoms with Gasteiger partial charge in [-0.1, -0.05) is 28.1 Å². The number of fused-ring (bicyclic) bond motifs is 1. The lowest BCUT2D eigenvalue weighted by Gasteiger charge is -2.47. The molecule has 0 bridgehead atoms. The number of aliphatic carboxylic acids is 1. The van der Waals surface area contributed by atoms with E-state index < -0.39 is 17.9 Å². The second-order valence-electron chi connectivity index (χ2n) is 8.78. The molecule has 3 aliphatic rings. The van der Waals surface area contributed by atoms with Gasteiger partial charge in [0.25, 0.3) is 11.8 Å². The van der Waals surface area contributed by atoms with E-state index in [0.717, 1.165) is 18.4 Å². The lowest BCUT2D eigenvalue weighted by molar-refractivity contribution is -0.143. The molecule has 5 rings (SSSR count). The minimum absolute atomic E-state index is 0.0442. The molecule has 0 saturated carbocycles. The van der Waals surface area contributed by atoms with Gasteiger partial charge in [0.15, 0.2) is 16.6 Å². The van der Waals surface area contributed by atoms with E-state index in [1.807, 2.05) is 12.2 Å². The summed E-state index contributed by atoms with van der Waals surface area (Å²) in [5, 5.41) is 32.9. The fraction of sp³-hybridized carbons (Fsp3) is 0.409. The van der Waals surface area contributed by atoms with Crippen molar-refractivity contribution in [2.24, 2.45) is 10.3 Å². The van der Waals surface area contributed by atoms with Crippen LogP contribution in [-0.2, 0) is 30.6 Å². The van der Waals surface area contributed by atoms with Crippen molar-refractivity contribution in [1.82, 2.24) is 35.4 Å². The molecule has 1 fully saturated rings. The SMILES string of the molecule is CON=C(Cn1nnnc1SCC1=CN2C(=O)C(NC(=O)C(=NOC3C=CCC3)c3csc(N)n3)[C@H]2SC1)C(=O)O. The highest BCUT2D eigenvalue weighted by Crippen LogP contribution is 2.37. The van der Waals surface area contributed by atoms with E-state index in [-0.39, 0.29) is 46.2 Å². The molecule has 2 aliphatic heterocycles. The van der Waals surface area contributed by atoms with Crippen molar-refractivity contribution in [3.8, 4) is 0 Å². The van der Waals surface area contributed by atoms with E-state index in [1.165, 1.54) is 46.7 Å². The molecule has 2 unspecified atom stereocenters. The quantitative estimate of drug-likeness (QED) is 0.0960. The lowest BCUT2D eigenvalue weighted by atomic mass is 10.1. The largest absolute Gasteiger partial charge is 0.477 e. The van der Waals surface area contributed by atoms with E-state index in [1.54, 1.807) is 16.5 Å². The number of oxime groups is 2. The van der Waals surface area contributed by atoms with Gasteiger partial charge in [-0.3, -0.25) is 9.59 Å². The second-order valence-corrected chi connectivity index (χ2v) is 11.7. The van der Waals surface area contributed by atoms with Crippen LogP contribution in [0.15, 0.2) is 44.8 Å². The van der Waals surface area contributed by atoms with Crippen molar-refractivity contribution in [3.63, 3.8) is 0 Å². The highest BCUT2D eigenvalue weighted by molar-refractivity contribution is 8.01. The average Bonchev–Trinajstić information content (AvgIpc) is 3.73. The molecule has 3 atom stereocenters. The molecule has 0 spiro atoms. The first kappa shape index (κ1) is 28.6. The van der Waals surface area contributed by atoms with Gasteiger partial charge in [-0.15, -0.1) is 28.2 Å². The van der Waals surface area contributed by atoms with Crippen LogP contribution in [0.25, 0.3) is 0 Å². The molecule has 2 aromatic heterocycles. The number of allylic oxidation sites excluding steroid dienone is 1. The number of anilines is 1. The van der Waals surface area contributed by atoms with Gasteiger partial charge in [0.05, 0.1) is 6.54 Å². The van der Waals surface area contributed by atoms with Gasteiger partial charge in [-0.05, 0) is 34.9 Å². The minimum Gasteiger partial charge on any atom is -0.477 e. The van der Waals surface area contributed by atoms with Crippen molar-refractivity contribution < 1.29 is 29.2 Å². The number of aromatic nitrogens is 5. The first-order valence-corrected chi connectivity index (χ1v) is 15.0. The zero-order valence-electron chi connectivity index (χ0n) is 21.4. The van der Waals surface area contributed by atoms with Crippen LogP contribution in [0.2, 0.25) is 0 Å². The molecule has 4 heterocycles. The lowest BCUT2D eigenvalue weighted by Crippen LogP contribution is -2.69. The maximum absolute atomic E-state index is 13.2. The summed E-state index contributed by atoms with van der Waals surface area (Å²) >= 11 is 3.97. The molecule has 1 aliphatic carbocycles. The highest BCUT2D eigenvalue weighted by Gasteiger charge is 2.49. The molecule has 2 aromatic rings. The maximum Gasteiger partial charge on any atom is 0.355 e. The third kappa shape index (κ3) is 6.51. The monoisotopic (exact) mass is 620 g/mol. The summed E-state index contributed by atoms with van der Waals surface area (Å²) in [6, 6.07) is -0.743. The smallest absolute Gasteiger partial charge is 0.355 e.